The third kappa shape index (κ3) is 5.95. The predicted octanol–water partition coefficient (Wildman–Crippen LogP) is 4.31. The van der Waals surface area contributed by atoms with Gasteiger partial charge in [0.1, 0.15) is 5.75 Å². The molecule has 3 aromatic carbocycles. The van der Waals surface area contributed by atoms with Crippen LogP contribution in [0.25, 0.3) is 0 Å². The summed E-state index contributed by atoms with van der Waals surface area (Å²) in [5, 5.41) is 2.95. The standard InChI is InChI=1S/C25H26N2O3/c1-27(2)25(29)18-30-22-15-13-21(14-16-22)26-24(28)17-23(19-9-5-3-6-10-19)20-11-7-4-8-12-20/h3-16,23H,17-18H2,1-2H3,(H,26,28). The van der Waals surface area contributed by atoms with Crippen LogP contribution in [-0.2, 0) is 9.59 Å². The Hall–Kier alpha value is -3.60. The first-order valence-corrected chi connectivity index (χ1v) is 9.85. The Bertz CT molecular complexity index is 915. The summed E-state index contributed by atoms with van der Waals surface area (Å²) < 4.78 is 5.47. The topological polar surface area (TPSA) is 58.6 Å². The van der Waals surface area contributed by atoms with Crippen LogP contribution in [0.1, 0.15) is 23.5 Å². The molecule has 0 heterocycles. The minimum atomic E-state index is -0.111. The number of rotatable bonds is 8. The molecule has 0 bridgehead atoms. The summed E-state index contributed by atoms with van der Waals surface area (Å²) >= 11 is 0. The molecule has 30 heavy (non-hydrogen) atoms. The molecule has 0 saturated carbocycles. The number of nitrogens with one attached hydrogen (secondary N) is 1. The number of carbonyl (C=O) groups excluding carboxylic acids is 2. The summed E-state index contributed by atoms with van der Waals surface area (Å²) in [7, 11) is 3.37. The van der Waals surface area contributed by atoms with E-state index in [9.17, 15) is 9.59 Å². The smallest absolute Gasteiger partial charge is 0.259 e. The monoisotopic (exact) mass is 402 g/mol. The molecule has 0 spiro atoms. The van der Waals surface area contributed by atoms with Crippen LogP contribution in [0.3, 0.4) is 0 Å². The molecule has 2 amide bonds. The maximum Gasteiger partial charge on any atom is 0.259 e. The lowest BCUT2D eigenvalue weighted by Gasteiger charge is -2.18. The number of nitrogens with zero attached hydrogens (tertiary/aromatic N) is 1. The van der Waals surface area contributed by atoms with Crippen molar-refractivity contribution in [2.75, 3.05) is 26.0 Å². The molecule has 0 unspecified atom stereocenters. The molecular formula is C25H26N2O3. The van der Waals surface area contributed by atoms with Crippen molar-refractivity contribution in [2.45, 2.75) is 12.3 Å². The maximum atomic E-state index is 12.8. The minimum absolute atomic E-state index is 0.0193. The average molecular weight is 402 g/mol. The van der Waals surface area contributed by atoms with E-state index in [0.717, 1.165) is 11.1 Å². The molecule has 0 aliphatic heterocycles. The van der Waals surface area contributed by atoms with Gasteiger partial charge < -0.3 is 15.0 Å². The van der Waals surface area contributed by atoms with Gasteiger partial charge in [0.2, 0.25) is 5.91 Å². The number of carbonyl (C=O) groups is 2. The van der Waals surface area contributed by atoms with Crippen molar-refractivity contribution in [1.82, 2.24) is 4.90 Å². The highest BCUT2D eigenvalue weighted by Crippen LogP contribution is 2.28. The lowest BCUT2D eigenvalue weighted by atomic mass is 9.88. The number of hydrogen-bond donors (Lipinski definition) is 1. The molecule has 0 saturated heterocycles. The molecule has 0 aliphatic carbocycles. The van der Waals surface area contributed by atoms with Gasteiger partial charge in [0.25, 0.3) is 5.91 Å². The fourth-order valence-electron chi connectivity index (χ4n) is 3.10. The van der Waals surface area contributed by atoms with Crippen LogP contribution in [0.2, 0.25) is 0 Å². The van der Waals surface area contributed by atoms with Gasteiger partial charge in [-0.1, -0.05) is 60.7 Å². The van der Waals surface area contributed by atoms with E-state index in [2.05, 4.69) is 5.32 Å². The van der Waals surface area contributed by atoms with Gasteiger partial charge >= 0.3 is 0 Å². The first kappa shape index (κ1) is 21.1. The number of anilines is 1. The summed E-state index contributed by atoms with van der Waals surface area (Å²) in [5.41, 5.74) is 2.90. The molecule has 3 rings (SSSR count). The summed E-state index contributed by atoms with van der Waals surface area (Å²) in [6.45, 7) is -0.0193. The highest BCUT2D eigenvalue weighted by Gasteiger charge is 2.18. The van der Waals surface area contributed by atoms with Crippen LogP contribution in [0.4, 0.5) is 5.69 Å². The second-order valence-electron chi connectivity index (χ2n) is 7.23. The fraction of sp³-hybridized carbons (Fsp3) is 0.200. The van der Waals surface area contributed by atoms with E-state index in [1.54, 1.807) is 38.4 Å². The maximum absolute atomic E-state index is 12.8. The number of amides is 2. The van der Waals surface area contributed by atoms with Crippen LogP contribution in [0.5, 0.6) is 5.75 Å². The lowest BCUT2D eigenvalue weighted by Crippen LogP contribution is -2.27. The van der Waals surface area contributed by atoms with E-state index < -0.39 is 0 Å². The van der Waals surface area contributed by atoms with Crippen molar-refractivity contribution in [3.05, 3.63) is 96.1 Å². The SMILES string of the molecule is CN(C)C(=O)COc1ccc(NC(=O)CC(c2ccccc2)c2ccccc2)cc1. The minimum Gasteiger partial charge on any atom is -0.484 e. The second kappa shape index (κ2) is 10.3. The second-order valence-corrected chi connectivity index (χ2v) is 7.23. The normalized spacial score (nSPS) is 10.5. The zero-order chi connectivity index (χ0) is 21.3. The Morgan fingerprint density at radius 3 is 1.87 bits per heavy atom. The zero-order valence-electron chi connectivity index (χ0n) is 17.2. The van der Waals surface area contributed by atoms with Gasteiger partial charge in [-0.25, -0.2) is 0 Å². The van der Waals surface area contributed by atoms with Gasteiger partial charge in [-0.2, -0.15) is 0 Å². The van der Waals surface area contributed by atoms with Crippen LogP contribution in [-0.4, -0.2) is 37.4 Å². The van der Waals surface area contributed by atoms with Gasteiger partial charge in [-0.05, 0) is 35.4 Å². The van der Waals surface area contributed by atoms with Crippen LogP contribution < -0.4 is 10.1 Å². The van der Waals surface area contributed by atoms with E-state index in [0.29, 0.717) is 17.9 Å². The molecule has 3 aromatic rings. The van der Waals surface area contributed by atoms with Gasteiger partial charge in [0.15, 0.2) is 6.61 Å². The first-order valence-electron chi connectivity index (χ1n) is 9.85. The van der Waals surface area contributed by atoms with Crippen molar-refractivity contribution >= 4 is 17.5 Å². The fourth-order valence-corrected chi connectivity index (χ4v) is 3.10. The third-order valence-corrected chi connectivity index (χ3v) is 4.79. The van der Waals surface area contributed by atoms with E-state index in [1.165, 1.54) is 4.90 Å². The van der Waals surface area contributed by atoms with Gasteiger partial charge in [-0.3, -0.25) is 9.59 Å². The van der Waals surface area contributed by atoms with Gasteiger partial charge in [0.05, 0.1) is 0 Å². The van der Waals surface area contributed by atoms with Crippen molar-refractivity contribution in [3.8, 4) is 5.75 Å². The molecular weight excluding hydrogens is 376 g/mol. The summed E-state index contributed by atoms with van der Waals surface area (Å²) in [4.78, 5) is 25.8. The summed E-state index contributed by atoms with van der Waals surface area (Å²) in [5.74, 6) is 0.381. The van der Waals surface area contributed by atoms with Crippen LogP contribution >= 0.6 is 0 Å². The van der Waals surface area contributed by atoms with E-state index in [1.807, 2.05) is 60.7 Å². The molecule has 5 heteroatoms. The Balaban J connectivity index is 1.64. The quantitative estimate of drug-likeness (QED) is 0.611. The zero-order valence-corrected chi connectivity index (χ0v) is 17.2. The third-order valence-electron chi connectivity index (χ3n) is 4.79. The highest BCUT2D eigenvalue weighted by molar-refractivity contribution is 5.91. The van der Waals surface area contributed by atoms with E-state index in [4.69, 9.17) is 4.74 Å². The van der Waals surface area contributed by atoms with Crippen LogP contribution in [0.15, 0.2) is 84.9 Å². The number of benzene rings is 3. The largest absolute Gasteiger partial charge is 0.484 e. The summed E-state index contributed by atoms with van der Waals surface area (Å²) in [6, 6.07) is 27.1. The predicted molar refractivity (Wildman–Crippen MR) is 119 cm³/mol. The molecule has 154 valence electrons. The molecule has 0 atom stereocenters. The molecule has 0 fully saturated rings. The number of likely N-dealkylation sites (N-methyl/N-ethyl adjacent to an activating group) is 1. The number of ether oxygens (including phenoxy) is 1. The van der Waals surface area contributed by atoms with Crippen molar-refractivity contribution in [1.29, 1.82) is 0 Å². The van der Waals surface area contributed by atoms with Crippen molar-refractivity contribution < 1.29 is 14.3 Å². The Morgan fingerprint density at radius 2 is 1.37 bits per heavy atom. The van der Waals surface area contributed by atoms with E-state index in [-0.39, 0.29) is 24.3 Å². The van der Waals surface area contributed by atoms with Crippen molar-refractivity contribution in [2.24, 2.45) is 0 Å². The van der Waals surface area contributed by atoms with Crippen molar-refractivity contribution in [3.63, 3.8) is 0 Å². The van der Waals surface area contributed by atoms with Gasteiger partial charge in [0, 0.05) is 32.1 Å². The molecule has 0 radical (unpaired) electrons. The lowest BCUT2D eigenvalue weighted by molar-refractivity contribution is -0.130. The Kier molecular flexibility index (Phi) is 7.22. The molecule has 0 aliphatic rings. The highest BCUT2D eigenvalue weighted by atomic mass is 16.5. The number of hydrogen-bond acceptors (Lipinski definition) is 3. The molecule has 0 aromatic heterocycles. The first-order chi connectivity index (χ1) is 14.5. The Labute approximate surface area is 177 Å². The van der Waals surface area contributed by atoms with Gasteiger partial charge in [-0.15, -0.1) is 0 Å². The molecule has 5 nitrogen and oxygen atoms in total. The average Bonchev–Trinajstić information content (AvgIpc) is 2.78. The molecule has 1 N–H and O–H groups in total. The van der Waals surface area contributed by atoms with E-state index >= 15 is 0 Å². The Morgan fingerprint density at radius 1 is 0.833 bits per heavy atom. The van der Waals surface area contributed by atoms with Crippen LogP contribution in [0, 0.1) is 0 Å². The summed E-state index contributed by atoms with van der Waals surface area (Å²) in [6.07, 6.45) is 0.337.